The minimum Gasteiger partial charge on any atom is -0.373 e. The average molecular weight is 420 g/mol. The van der Waals surface area contributed by atoms with Gasteiger partial charge in [-0.25, -0.2) is 0 Å². The maximum Gasteiger partial charge on any atom is 0.210 e. The second-order valence-electron chi connectivity index (χ2n) is 7.46. The first kappa shape index (κ1) is 18.7. The zero-order valence-electron chi connectivity index (χ0n) is 16.5. The fourth-order valence-electron chi connectivity index (χ4n) is 3.37. The Labute approximate surface area is 176 Å². The molecule has 8 nitrogen and oxygen atoms in total. The van der Waals surface area contributed by atoms with Crippen molar-refractivity contribution in [2.75, 3.05) is 5.32 Å². The van der Waals surface area contributed by atoms with Crippen LogP contribution in [0.1, 0.15) is 25.8 Å². The summed E-state index contributed by atoms with van der Waals surface area (Å²) in [4.78, 5) is 3.29. The molecule has 5 rings (SSSR count). The van der Waals surface area contributed by atoms with Gasteiger partial charge in [-0.2, -0.15) is 5.10 Å². The van der Waals surface area contributed by atoms with E-state index in [2.05, 4.69) is 36.0 Å². The van der Waals surface area contributed by atoms with E-state index in [1.807, 2.05) is 56.3 Å². The van der Waals surface area contributed by atoms with Crippen LogP contribution in [0.15, 0.2) is 48.7 Å². The van der Waals surface area contributed by atoms with Crippen molar-refractivity contribution < 1.29 is 5.11 Å². The number of rotatable bonds is 6. The van der Waals surface area contributed by atoms with Gasteiger partial charge in [-0.3, -0.25) is 10.4 Å². The van der Waals surface area contributed by atoms with Crippen LogP contribution in [0.3, 0.4) is 0 Å². The lowest BCUT2D eigenvalue weighted by Gasteiger charge is -2.13. The molecule has 1 unspecified atom stereocenters. The number of aliphatic hydroxyl groups excluding tert-OH is 1. The van der Waals surface area contributed by atoms with Crippen LogP contribution < -0.4 is 10.6 Å². The Morgan fingerprint density at radius 2 is 1.90 bits per heavy atom. The van der Waals surface area contributed by atoms with Crippen LogP contribution in [0.2, 0.25) is 0 Å². The largest absolute Gasteiger partial charge is 0.373 e. The maximum absolute atomic E-state index is 10.3. The maximum atomic E-state index is 10.3. The standard InChI is InChI=1S/C21H21N7OS/c1-11(2)23-19(29)18-8-12-3-4-13(9-17(12)25-18)20-27-28-21(30-20)24-15-5-6-16-14(7-15)10-22-26-16/h3-11,19,23,25,29H,1-2H3,(H,22,26)(H,24,28). The highest BCUT2D eigenvalue weighted by molar-refractivity contribution is 7.18. The molecule has 0 aliphatic rings. The third-order valence-corrected chi connectivity index (χ3v) is 5.68. The van der Waals surface area contributed by atoms with Gasteiger partial charge in [0.2, 0.25) is 5.13 Å². The van der Waals surface area contributed by atoms with Gasteiger partial charge >= 0.3 is 0 Å². The summed E-state index contributed by atoms with van der Waals surface area (Å²) < 4.78 is 0. The van der Waals surface area contributed by atoms with E-state index in [0.717, 1.165) is 48.9 Å². The lowest BCUT2D eigenvalue weighted by molar-refractivity contribution is 0.125. The van der Waals surface area contributed by atoms with Gasteiger partial charge in [0.25, 0.3) is 0 Å². The van der Waals surface area contributed by atoms with Crippen LogP contribution in [0, 0.1) is 0 Å². The number of aliphatic hydroxyl groups is 1. The van der Waals surface area contributed by atoms with Crippen molar-refractivity contribution in [2.45, 2.75) is 26.1 Å². The summed E-state index contributed by atoms with van der Waals surface area (Å²) >= 11 is 1.49. The minimum absolute atomic E-state index is 0.184. The van der Waals surface area contributed by atoms with Crippen molar-refractivity contribution in [3.63, 3.8) is 0 Å². The molecule has 0 spiro atoms. The van der Waals surface area contributed by atoms with Crippen molar-refractivity contribution in [1.82, 2.24) is 30.7 Å². The predicted molar refractivity (Wildman–Crippen MR) is 120 cm³/mol. The van der Waals surface area contributed by atoms with Crippen molar-refractivity contribution in [2.24, 2.45) is 0 Å². The molecule has 3 heterocycles. The number of hydrogen-bond donors (Lipinski definition) is 5. The van der Waals surface area contributed by atoms with Crippen LogP contribution in [0.25, 0.3) is 32.4 Å². The molecule has 5 N–H and O–H groups in total. The van der Waals surface area contributed by atoms with Crippen LogP contribution >= 0.6 is 11.3 Å². The third-order valence-electron chi connectivity index (χ3n) is 4.79. The molecule has 0 amide bonds. The highest BCUT2D eigenvalue weighted by Gasteiger charge is 2.13. The van der Waals surface area contributed by atoms with E-state index < -0.39 is 6.23 Å². The quantitative estimate of drug-likeness (QED) is 0.262. The van der Waals surface area contributed by atoms with Gasteiger partial charge in [-0.05, 0) is 49.6 Å². The molecule has 0 fully saturated rings. The number of nitrogens with one attached hydrogen (secondary N) is 4. The Morgan fingerprint density at radius 1 is 1.00 bits per heavy atom. The highest BCUT2D eigenvalue weighted by atomic mass is 32.1. The van der Waals surface area contributed by atoms with E-state index in [1.165, 1.54) is 11.3 Å². The molecule has 152 valence electrons. The van der Waals surface area contributed by atoms with Crippen molar-refractivity contribution in [3.05, 3.63) is 54.4 Å². The van der Waals surface area contributed by atoms with Gasteiger partial charge in [-0.15, -0.1) is 10.2 Å². The number of anilines is 2. The first-order valence-electron chi connectivity index (χ1n) is 9.66. The number of nitrogens with zero attached hydrogens (tertiary/aromatic N) is 3. The first-order valence-corrected chi connectivity index (χ1v) is 10.5. The van der Waals surface area contributed by atoms with Gasteiger partial charge in [0.1, 0.15) is 11.2 Å². The predicted octanol–water partition coefficient (Wildman–Crippen LogP) is 4.30. The average Bonchev–Trinajstić information content (AvgIpc) is 3.45. The summed E-state index contributed by atoms with van der Waals surface area (Å²) in [5.74, 6) is 0. The summed E-state index contributed by atoms with van der Waals surface area (Å²) in [6.07, 6.45) is 1.06. The molecular weight excluding hydrogens is 398 g/mol. The van der Waals surface area contributed by atoms with E-state index in [4.69, 9.17) is 0 Å². The molecule has 5 aromatic rings. The highest BCUT2D eigenvalue weighted by Crippen LogP contribution is 2.31. The second-order valence-corrected chi connectivity index (χ2v) is 8.44. The molecule has 0 saturated heterocycles. The number of H-pyrrole nitrogens is 2. The van der Waals surface area contributed by atoms with E-state index in [9.17, 15) is 5.11 Å². The normalized spacial score (nSPS) is 12.8. The third kappa shape index (κ3) is 3.65. The molecule has 0 radical (unpaired) electrons. The molecule has 0 saturated carbocycles. The summed E-state index contributed by atoms with van der Waals surface area (Å²) in [6.45, 7) is 4.00. The second kappa shape index (κ2) is 7.52. The zero-order chi connectivity index (χ0) is 20.7. The molecule has 30 heavy (non-hydrogen) atoms. The summed E-state index contributed by atoms with van der Waals surface area (Å²) in [5.41, 5.74) is 4.58. The first-order chi connectivity index (χ1) is 14.5. The fourth-order valence-corrected chi connectivity index (χ4v) is 4.13. The zero-order valence-corrected chi connectivity index (χ0v) is 17.3. The monoisotopic (exact) mass is 419 g/mol. The van der Waals surface area contributed by atoms with E-state index in [-0.39, 0.29) is 6.04 Å². The summed E-state index contributed by atoms with van der Waals surface area (Å²) in [6, 6.07) is 14.2. The van der Waals surface area contributed by atoms with Crippen molar-refractivity contribution in [1.29, 1.82) is 0 Å². The smallest absolute Gasteiger partial charge is 0.210 e. The molecule has 1 atom stereocenters. The molecule has 3 aromatic heterocycles. The van der Waals surface area contributed by atoms with E-state index >= 15 is 0 Å². The van der Waals surface area contributed by atoms with E-state index in [1.54, 1.807) is 6.20 Å². The van der Waals surface area contributed by atoms with Gasteiger partial charge in [-0.1, -0.05) is 23.5 Å². The van der Waals surface area contributed by atoms with Crippen LogP contribution in [-0.2, 0) is 0 Å². The Morgan fingerprint density at radius 3 is 2.77 bits per heavy atom. The van der Waals surface area contributed by atoms with Gasteiger partial charge in [0, 0.05) is 28.2 Å². The Hall–Kier alpha value is -3.27. The summed E-state index contributed by atoms with van der Waals surface area (Å²) in [5, 5.41) is 35.9. The lowest BCUT2D eigenvalue weighted by Crippen LogP contribution is -2.27. The van der Waals surface area contributed by atoms with E-state index in [0.29, 0.717) is 0 Å². The molecule has 2 aromatic carbocycles. The molecule has 0 aliphatic heterocycles. The van der Waals surface area contributed by atoms with Gasteiger partial charge < -0.3 is 15.4 Å². The van der Waals surface area contributed by atoms with Crippen LogP contribution in [0.4, 0.5) is 10.8 Å². The molecular formula is C21H21N7OS. The number of fused-ring (bicyclic) bond motifs is 2. The number of benzene rings is 2. The van der Waals surface area contributed by atoms with Crippen LogP contribution in [0.5, 0.6) is 0 Å². The molecule has 0 bridgehead atoms. The Balaban J connectivity index is 1.38. The topological polar surface area (TPSA) is 115 Å². The number of hydrogen-bond acceptors (Lipinski definition) is 7. The Bertz CT molecular complexity index is 1320. The minimum atomic E-state index is -0.731. The number of aromatic nitrogens is 5. The molecule has 9 heteroatoms. The SMILES string of the molecule is CC(C)NC(O)c1cc2ccc(-c3nnc(Nc4ccc5[nH]ncc5c4)s3)cc2[nH]1. The van der Waals surface area contributed by atoms with Crippen molar-refractivity contribution >= 4 is 44.0 Å². The summed E-state index contributed by atoms with van der Waals surface area (Å²) in [7, 11) is 0. The van der Waals surface area contributed by atoms with Crippen LogP contribution in [-0.4, -0.2) is 36.5 Å². The van der Waals surface area contributed by atoms with Crippen molar-refractivity contribution in [3.8, 4) is 10.6 Å². The number of aromatic amines is 2. The molecule has 0 aliphatic carbocycles. The lowest BCUT2D eigenvalue weighted by atomic mass is 10.2. The van der Waals surface area contributed by atoms with Gasteiger partial charge in [0.05, 0.1) is 17.4 Å². The van der Waals surface area contributed by atoms with Gasteiger partial charge in [0.15, 0.2) is 0 Å². The fraction of sp³-hybridized carbons (Fsp3) is 0.190. The Kier molecular flexibility index (Phi) is 4.70.